The quantitative estimate of drug-likeness (QED) is 0.581. The second-order valence-electron chi connectivity index (χ2n) is 6.24. The molecule has 1 amide bonds. The Morgan fingerprint density at radius 3 is 2.36 bits per heavy atom. The molecule has 0 saturated heterocycles. The molecule has 2 aromatic carbocycles. The molecule has 0 radical (unpaired) electrons. The zero-order valence-electron chi connectivity index (χ0n) is 16.5. The van der Waals surface area contributed by atoms with Crippen LogP contribution in [0.2, 0.25) is 0 Å². The molecule has 1 atom stereocenters. The molecule has 0 unspecified atom stereocenters. The van der Waals surface area contributed by atoms with Crippen LogP contribution in [0.1, 0.15) is 38.8 Å². The number of carbonyl (C=O) groups excluding carboxylic acids is 3. The molecule has 0 saturated carbocycles. The number of amides is 1. The van der Waals surface area contributed by atoms with Gasteiger partial charge in [-0.25, -0.2) is 4.79 Å². The minimum absolute atomic E-state index is 0.0686. The molecule has 0 aliphatic carbocycles. The maximum absolute atomic E-state index is 12.7. The van der Waals surface area contributed by atoms with Crippen LogP contribution >= 0.6 is 0 Å². The summed E-state index contributed by atoms with van der Waals surface area (Å²) in [7, 11) is 2.76. The number of methoxy groups -OCH3 is 2. The fourth-order valence-corrected chi connectivity index (χ4v) is 2.71. The Morgan fingerprint density at radius 2 is 1.79 bits per heavy atom. The van der Waals surface area contributed by atoms with Crippen molar-refractivity contribution in [2.75, 3.05) is 19.5 Å². The van der Waals surface area contributed by atoms with Crippen molar-refractivity contribution in [2.45, 2.75) is 26.9 Å². The van der Waals surface area contributed by atoms with Crippen molar-refractivity contribution in [1.29, 1.82) is 0 Å². The zero-order chi connectivity index (χ0) is 20.8. The van der Waals surface area contributed by atoms with Crippen LogP contribution in [0.15, 0.2) is 30.3 Å². The number of anilines is 1. The molecule has 7 nitrogen and oxygen atoms in total. The summed E-state index contributed by atoms with van der Waals surface area (Å²) in [4.78, 5) is 36.4. The van der Waals surface area contributed by atoms with Gasteiger partial charge in [-0.05, 0) is 44.5 Å². The number of aldehydes is 1. The minimum atomic E-state index is -1.09. The van der Waals surface area contributed by atoms with Gasteiger partial charge in [-0.3, -0.25) is 9.59 Å². The predicted molar refractivity (Wildman–Crippen MR) is 104 cm³/mol. The Kier molecular flexibility index (Phi) is 6.76. The Labute approximate surface area is 163 Å². The third-order valence-corrected chi connectivity index (χ3v) is 4.20. The number of benzene rings is 2. The molecule has 0 aliphatic rings. The van der Waals surface area contributed by atoms with E-state index in [0.29, 0.717) is 12.0 Å². The van der Waals surface area contributed by atoms with E-state index in [2.05, 4.69) is 5.32 Å². The lowest BCUT2D eigenvalue weighted by atomic mass is 10.1. The first kappa shape index (κ1) is 21.0. The second kappa shape index (κ2) is 9.03. The van der Waals surface area contributed by atoms with Crippen molar-refractivity contribution in [1.82, 2.24) is 0 Å². The third kappa shape index (κ3) is 4.49. The van der Waals surface area contributed by atoms with E-state index in [1.165, 1.54) is 33.3 Å². The molecule has 1 N–H and O–H groups in total. The molecule has 2 aromatic rings. The smallest absolute Gasteiger partial charge is 0.343 e. The zero-order valence-corrected chi connectivity index (χ0v) is 16.5. The lowest BCUT2D eigenvalue weighted by Gasteiger charge is -2.17. The highest BCUT2D eigenvalue weighted by Gasteiger charge is 2.26. The molecule has 148 valence electrons. The van der Waals surface area contributed by atoms with Gasteiger partial charge in [0.2, 0.25) is 0 Å². The molecule has 2 rings (SSSR count). The van der Waals surface area contributed by atoms with Crippen molar-refractivity contribution in [3.8, 4) is 11.5 Å². The monoisotopic (exact) mass is 385 g/mol. The molecular weight excluding hydrogens is 362 g/mol. The van der Waals surface area contributed by atoms with Crippen LogP contribution in [0.3, 0.4) is 0 Å². The summed E-state index contributed by atoms with van der Waals surface area (Å²) >= 11 is 0. The van der Waals surface area contributed by atoms with E-state index < -0.39 is 18.0 Å². The van der Waals surface area contributed by atoms with E-state index in [9.17, 15) is 14.4 Å². The van der Waals surface area contributed by atoms with Crippen LogP contribution in [0.4, 0.5) is 5.69 Å². The summed E-state index contributed by atoms with van der Waals surface area (Å²) in [6.07, 6.45) is -0.581. The normalized spacial score (nSPS) is 11.3. The van der Waals surface area contributed by atoms with E-state index in [4.69, 9.17) is 14.2 Å². The van der Waals surface area contributed by atoms with Gasteiger partial charge in [0.25, 0.3) is 5.91 Å². The predicted octanol–water partition coefficient (Wildman–Crippen LogP) is 3.32. The summed E-state index contributed by atoms with van der Waals surface area (Å²) in [5.74, 6) is -1.01. The maximum atomic E-state index is 12.7. The first-order chi connectivity index (χ1) is 13.3. The van der Waals surface area contributed by atoms with Crippen LogP contribution in [0, 0.1) is 13.8 Å². The number of hydrogen-bond acceptors (Lipinski definition) is 6. The van der Waals surface area contributed by atoms with Crippen LogP contribution in [0.25, 0.3) is 0 Å². The Hall–Kier alpha value is -3.35. The Balaban J connectivity index is 2.22. The van der Waals surface area contributed by atoms with Gasteiger partial charge in [-0.15, -0.1) is 0 Å². The topological polar surface area (TPSA) is 90.9 Å². The summed E-state index contributed by atoms with van der Waals surface area (Å²) in [5, 5.41) is 2.73. The summed E-state index contributed by atoms with van der Waals surface area (Å²) in [6, 6.07) is 8.52. The van der Waals surface area contributed by atoms with Gasteiger partial charge in [0.15, 0.2) is 23.9 Å². The van der Waals surface area contributed by atoms with Crippen LogP contribution in [-0.2, 0) is 9.53 Å². The van der Waals surface area contributed by atoms with Gasteiger partial charge in [0.05, 0.1) is 14.2 Å². The van der Waals surface area contributed by atoms with Gasteiger partial charge >= 0.3 is 5.97 Å². The number of ether oxygens (including phenoxy) is 3. The highest BCUT2D eigenvalue weighted by Crippen LogP contribution is 2.33. The highest BCUT2D eigenvalue weighted by atomic mass is 16.6. The molecule has 7 heteroatoms. The van der Waals surface area contributed by atoms with Crippen molar-refractivity contribution in [3.05, 3.63) is 52.6 Å². The second-order valence-corrected chi connectivity index (χ2v) is 6.24. The molecule has 0 aliphatic heterocycles. The van der Waals surface area contributed by atoms with Crippen LogP contribution in [-0.4, -0.2) is 38.5 Å². The SMILES string of the molecule is COc1ccc(C=O)c(C(=O)O[C@H](C)C(=O)Nc2ccc(C)cc2C)c1OC. The highest BCUT2D eigenvalue weighted by molar-refractivity contribution is 6.03. The lowest BCUT2D eigenvalue weighted by molar-refractivity contribution is -0.123. The van der Waals surface area contributed by atoms with Crippen LogP contribution < -0.4 is 14.8 Å². The fourth-order valence-electron chi connectivity index (χ4n) is 2.71. The van der Waals surface area contributed by atoms with Crippen molar-refractivity contribution < 1.29 is 28.6 Å². The molecule has 0 aromatic heterocycles. The minimum Gasteiger partial charge on any atom is -0.493 e. The average Bonchev–Trinajstić information content (AvgIpc) is 2.68. The number of carbonyl (C=O) groups is 3. The Bertz CT molecular complexity index is 906. The largest absolute Gasteiger partial charge is 0.493 e. The van der Waals surface area contributed by atoms with E-state index in [0.717, 1.165) is 11.1 Å². The molecule has 0 heterocycles. The summed E-state index contributed by atoms with van der Waals surface area (Å²) in [5.41, 5.74) is 2.57. The van der Waals surface area contributed by atoms with E-state index in [1.54, 1.807) is 6.07 Å². The van der Waals surface area contributed by atoms with Gasteiger partial charge < -0.3 is 19.5 Å². The van der Waals surface area contributed by atoms with Crippen molar-refractivity contribution >= 4 is 23.9 Å². The Morgan fingerprint density at radius 1 is 1.07 bits per heavy atom. The van der Waals surface area contributed by atoms with E-state index in [1.807, 2.05) is 26.0 Å². The number of rotatable bonds is 7. The standard InChI is InChI=1S/C21H23NO6/c1-12-6-8-16(13(2)10-12)22-20(24)14(3)28-21(25)18-15(11-23)7-9-17(26-4)19(18)27-5/h6-11,14H,1-5H3,(H,22,24)/t14-/m1/s1. The molecule has 28 heavy (non-hydrogen) atoms. The van der Waals surface area contributed by atoms with E-state index >= 15 is 0 Å². The first-order valence-corrected chi connectivity index (χ1v) is 8.61. The lowest BCUT2D eigenvalue weighted by Crippen LogP contribution is -2.30. The fraction of sp³-hybridized carbons (Fsp3) is 0.286. The van der Waals surface area contributed by atoms with Gasteiger partial charge in [-0.2, -0.15) is 0 Å². The van der Waals surface area contributed by atoms with Crippen molar-refractivity contribution in [2.24, 2.45) is 0 Å². The van der Waals surface area contributed by atoms with E-state index in [-0.39, 0.29) is 22.6 Å². The number of nitrogens with one attached hydrogen (secondary N) is 1. The summed E-state index contributed by atoms with van der Waals surface area (Å²) in [6.45, 7) is 5.27. The molecule has 0 fully saturated rings. The number of esters is 1. The molecular formula is C21H23NO6. The van der Waals surface area contributed by atoms with Crippen LogP contribution in [0.5, 0.6) is 11.5 Å². The van der Waals surface area contributed by atoms with Gasteiger partial charge in [0, 0.05) is 11.3 Å². The summed E-state index contributed by atoms with van der Waals surface area (Å²) < 4.78 is 15.6. The number of hydrogen-bond donors (Lipinski definition) is 1. The van der Waals surface area contributed by atoms with Gasteiger partial charge in [0.1, 0.15) is 5.56 Å². The van der Waals surface area contributed by atoms with Crippen molar-refractivity contribution in [3.63, 3.8) is 0 Å². The third-order valence-electron chi connectivity index (χ3n) is 4.20. The first-order valence-electron chi connectivity index (χ1n) is 8.61. The molecule has 0 spiro atoms. The molecule has 0 bridgehead atoms. The average molecular weight is 385 g/mol. The van der Waals surface area contributed by atoms with Gasteiger partial charge in [-0.1, -0.05) is 17.7 Å². The maximum Gasteiger partial charge on any atom is 0.343 e. The number of aryl methyl sites for hydroxylation is 2.